The van der Waals surface area contributed by atoms with Gasteiger partial charge in [-0.2, -0.15) is 0 Å². The fraction of sp³-hybridized carbons (Fsp3) is 0.333. The molecule has 0 saturated carbocycles. The number of aryl methyl sites for hydroxylation is 1. The van der Waals surface area contributed by atoms with Crippen LogP contribution >= 0.6 is 23.1 Å². The molecule has 0 fully saturated rings. The molecule has 2 aromatic heterocycles. The molecule has 2 heterocycles. The van der Waals surface area contributed by atoms with Gasteiger partial charge in [0.15, 0.2) is 4.34 Å². The summed E-state index contributed by atoms with van der Waals surface area (Å²) in [5.74, 6) is -0.746. The van der Waals surface area contributed by atoms with Gasteiger partial charge in [0.05, 0.1) is 6.61 Å². The molecular weight excluding hydrogens is 262 g/mol. The van der Waals surface area contributed by atoms with E-state index in [2.05, 4.69) is 15.2 Å². The summed E-state index contributed by atoms with van der Waals surface area (Å²) < 4.78 is 10.7. The summed E-state index contributed by atoms with van der Waals surface area (Å²) in [5, 5.41) is 9.54. The number of hydrogen-bond donors (Lipinski definition) is 0. The highest BCUT2D eigenvalue weighted by atomic mass is 32.2. The molecule has 2 rings (SSSR count). The number of nitrogens with zero attached hydrogens (tertiary/aromatic N) is 3. The van der Waals surface area contributed by atoms with Crippen molar-refractivity contribution in [2.24, 2.45) is 0 Å². The van der Waals surface area contributed by atoms with Crippen LogP contribution in [0.25, 0.3) is 0 Å². The standard InChI is InChI=1S/C9H9N3O3S2/c1-3-14-7(13)6-11-12-8(15-6)17-9-10-5(2)4-16-9/h4H,3H2,1-2H3. The maximum absolute atomic E-state index is 11.3. The van der Waals surface area contributed by atoms with Gasteiger partial charge in [-0.15, -0.1) is 16.4 Å². The van der Waals surface area contributed by atoms with Gasteiger partial charge in [0.2, 0.25) is 0 Å². The van der Waals surface area contributed by atoms with E-state index in [0.717, 1.165) is 10.0 Å². The third-order valence-corrected chi connectivity index (χ3v) is 3.53. The molecule has 0 saturated heterocycles. The van der Waals surface area contributed by atoms with Crippen molar-refractivity contribution in [3.05, 3.63) is 17.0 Å². The van der Waals surface area contributed by atoms with E-state index in [1.54, 1.807) is 6.92 Å². The Kier molecular flexibility index (Phi) is 3.75. The minimum absolute atomic E-state index is 0.136. The molecule has 0 bridgehead atoms. The van der Waals surface area contributed by atoms with Gasteiger partial charge in [0.1, 0.15) is 0 Å². The van der Waals surface area contributed by atoms with Crippen LogP contribution < -0.4 is 0 Å². The Morgan fingerprint density at radius 2 is 2.41 bits per heavy atom. The summed E-state index contributed by atoms with van der Waals surface area (Å²) in [6, 6.07) is 0. The van der Waals surface area contributed by atoms with Gasteiger partial charge in [0.25, 0.3) is 5.22 Å². The van der Waals surface area contributed by atoms with E-state index in [0.29, 0.717) is 0 Å². The molecule has 0 aliphatic rings. The van der Waals surface area contributed by atoms with Crippen LogP contribution in [-0.4, -0.2) is 27.8 Å². The van der Waals surface area contributed by atoms with Crippen molar-refractivity contribution in [2.45, 2.75) is 23.4 Å². The molecular formula is C9H9N3O3S2. The van der Waals surface area contributed by atoms with E-state index in [9.17, 15) is 4.79 Å². The highest BCUT2D eigenvalue weighted by Crippen LogP contribution is 2.29. The molecule has 0 unspecified atom stereocenters. The van der Waals surface area contributed by atoms with Gasteiger partial charge in [-0.05, 0) is 13.8 Å². The fourth-order valence-electron chi connectivity index (χ4n) is 0.980. The molecule has 8 heteroatoms. The van der Waals surface area contributed by atoms with Crippen molar-refractivity contribution < 1.29 is 13.9 Å². The summed E-state index contributed by atoms with van der Waals surface area (Å²) in [6.07, 6.45) is 0. The lowest BCUT2D eigenvalue weighted by atomic mass is 10.6. The first-order valence-electron chi connectivity index (χ1n) is 4.79. The van der Waals surface area contributed by atoms with E-state index in [-0.39, 0.29) is 17.7 Å². The quantitative estimate of drug-likeness (QED) is 0.788. The van der Waals surface area contributed by atoms with Crippen molar-refractivity contribution >= 4 is 29.1 Å². The normalized spacial score (nSPS) is 10.5. The van der Waals surface area contributed by atoms with Gasteiger partial charge < -0.3 is 9.15 Å². The SMILES string of the molecule is CCOC(=O)c1nnc(Sc2nc(C)cs2)o1. The lowest BCUT2D eigenvalue weighted by Crippen LogP contribution is -2.04. The Bertz CT molecular complexity index is 523. The predicted octanol–water partition coefficient (Wildman–Crippen LogP) is 2.16. The molecule has 0 atom stereocenters. The zero-order valence-corrected chi connectivity index (χ0v) is 10.8. The van der Waals surface area contributed by atoms with E-state index < -0.39 is 5.97 Å². The predicted molar refractivity (Wildman–Crippen MR) is 61.2 cm³/mol. The van der Waals surface area contributed by atoms with Crippen molar-refractivity contribution in [1.29, 1.82) is 0 Å². The Labute approximate surface area is 105 Å². The highest BCUT2D eigenvalue weighted by Gasteiger charge is 2.17. The van der Waals surface area contributed by atoms with Crippen LogP contribution in [0.2, 0.25) is 0 Å². The molecule has 0 aliphatic carbocycles. The Hall–Kier alpha value is -1.41. The summed E-state index contributed by atoms with van der Waals surface area (Å²) in [5.41, 5.74) is 0.933. The summed E-state index contributed by atoms with van der Waals surface area (Å²) in [6.45, 7) is 3.88. The zero-order chi connectivity index (χ0) is 12.3. The molecule has 0 N–H and O–H groups in total. The number of ether oxygens (including phenoxy) is 1. The number of rotatable bonds is 4. The number of thiazole rings is 1. The topological polar surface area (TPSA) is 78.1 Å². The second-order valence-corrected chi connectivity index (χ2v) is 5.01. The lowest BCUT2D eigenvalue weighted by Gasteiger charge is -1.93. The van der Waals surface area contributed by atoms with Gasteiger partial charge >= 0.3 is 11.9 Å². The molecule has 0 radical (unpaired) electrons. The Morgan fingerprint density at radius 1 is 1.59 bits per heavy atom. The molecule has 0 amide bonds. The molecule has 0 spiro atoms. The van der Waals surface area contributed by atoms with Crippen LogP contribution in [0.5, 0.6) is 0 Å². The minimum atomic E-state index is -0.609. The third-order valence-electron chi connectivity index (χ3n) is 1.63. The first-order valence-corrected chi connectivity index (χ1v) is 6.49. The van der Waals surface area contributed by atoms with Crippen molar-refractivity contribution in [3.63, 3.8) is 0 Å². The molecule has 0 aromatic carbocycles. The van der Waals surface area contributed by atoms with Gasteiger partial charge in [-0.3, -0.25) is 0 Å². The number of hydrogen-bond acceptors (Lipinski definition) is 8. The number of aromatic nitrogens is 3. The molecule has 0 aliphatic heterocycles. The van der Waals surface area contributed by atoms with Crippen LogP contribution in [0.15, 0.2) is 19.4 Å². The summed E-state index contributed by atoms with van der Waals surface area (Å²) in [4.78, 5) is 15.5. The second-order valence-electron chi connectivity index (χ2n) is 2.95. The molecule has 90 valence electrons. The van der Waals surface area contributed by atoms with Crippen LogP contribution in [0, 0.1) is 6.92 Å². The van der Waals surface area contributed by atoms with Gasteiger partial charge in [-0.25, -0.2) is 9.78 Å². The average Bonchev–Trinajstić information content (AvgIpc) is 2.89. The molecule has 2 aromatic rings. The van der Waals surface area contributed by atoms with Crippen LogP contribution in [-0.2, 0) is 4.74 Å². The van der Waals surface area contributed by atoms with E-state index in [4.69, 9.17) is 9.15 Å². The first-order chi connectivity index (χ1) is 8.19. The molecule has 6 nitrogen and oxygen atoms in total. The van der Waals surface area contributed by atoms with Crippen molar-refractivity contribution in [2.75, 3.05) is 6.61 Å². The largest absolute Gasteiger partial charge is 0.459 e. The number of esters is 1. The lowest BCUT2D eigenvalue weighted by molar-refractivity contribution is 0.0475. The Balaban J connectivity index is 2.06. The van der Waals surface area contributed by atoms with Crippen LogP contribution in [0.1, 0.15) is 23.3 Å². The fourth-order valence-corrected chi connectivity index (χ4v) is 2.59. The van der Waals surface area contributed by atoms with Crippen LogP contribution in [0.3, 0.4) is 0 Å². The number of carbonyl (C=O) groups excluding carboxylic acids is 1. The number of carbonyl (C=O) groups is 1. The zero-order valence-electron chi connectivity index (χ0n) is 9.17. The summed E-state index contributed by atoms with van der Waals surface area (Å²) >= 11 is 2.70. The second kappa shape index (κ2) is 5.28. The first kappa shape index (κ1) is 12.1. The minimum Gasteiger partial charge on any atom is -0.459 e. The van der Waals surface area contributed by atoms with E-state index >= 15 is 0 Å². The van der Waals surface area contributed by atoms with Crippen molar-refractivity contribution in [3.8, 4) is 0 Å². The van der Waals surface area contributed by atoms with Crippen molar-refractivity contribution in [1.82, 2.24) is 15.2 Å². The van der Waals surface area contributed by atoms with E-state index in [1.807, 2.05) is 12.3 Å². The Morgan fingerprint density at radius 3 is 3.06 bits per heavy atom. The summed E-state index contributed by atoms with van der Waals surface area (Å²) in [7, 11) is 0. The monoisotopic (exact) mass is 271 g/mol. The highest BCUT2D eigenvalue weighted by molar-refractivity contribution is 8.00. The maximum Gasteiger partial charge on any atom is 0.396 e. The van der Waals surface area contributed by atoms with Gasteiger partial charge in [-0.1, -0.05) is 5.10 Å². The average molecular weight is 271 g/mol. The maximum atomic E-state index is 11.3. The smallest absolute Gasteiger partial charge is 0.396 e. The van der Waals surface area contributed by atoms with Gasteiger partial charge in [0, 0.05) is 22.8 Å². The van der Waals surface area contributed by atoms with Crippen LogP contribution in [0.4, 0.5) is 0 Å². The molecule has 17 heavy (non-hydrogen) atoms. The third kappa shape index (κ3) is 3.04. The van der Waals surface area contributed by atoms with E-state index in [1.165, 1.54) is 23.1 Å².